The molecule has 1 aromatic heterocycles. The van der Waals surface area contributed by atoms with Crippen LogP contribution in [0.25, 0.3) is 0 Å². The van der Waals surface area contributed by atoms with E-state index < -0.39 is 5.60 Å². The normalized spacial score (nSPS) is 15.0. The lowest BCUT2D eigenvalue weighted by molar-refractivity contribution is 0.0574. The number of nitrogens with zero attached hydrogens (tertiary/aromatic N) is 1. The van der Waals surface area contributed by atoms with E-state index in [2.05, 4.69) is 52.1 Å². The third-order valence-corrected chi connectivity index (χ3v) is 4.79. The minimum absolute atomic E-state index is 0.0566. The monoisotopic (exact) mass is 303 g/mol. The van der Waals surface area contributed by atoms with Gasteiger partial charge in [-0.15, -0.1) is 11.3 Å². The minimum Gasteiger partial charge on any atom is -0.385 e. The van der Waals surface area contributed by atoms with Crippen LogP contribution < -0.4 is 0 Å². The number of aromatic nitrogens is 1. The molecule has 114 valence electrons. The Hall–Kier alpha value is -1.19. The van der Waals surface area contributed by atoms with Gasteiger partial charge in [-0.2, -0.15) is 0 Å². The molecule has 2 rings (SSSR count). The summed E-state index contributed by atoms with van der Waals surface area (Å²) < 4.78 is 0. The highest BCUT2D eigenvalue weighted by Gasteiger charge is 2.26. The molecule has 0 spiro atoms. The highest BCUT2D eigenvalue weighted by atomic mass is 32.1. The number of aryl methyl sites for hydroxylation is 2. The highest BCUT2D eigenvalue weighted by Crippen LogP contribution is 2.30. The van der Waals surface area contributed by atoms with Crippen molar-refractivity contribution < 1.29 is 5.11 Å². The third-order valence-electron chi connectivity index (χ3n) is 3.94. The number of hydrogen-bond acceptors (Lipinski definition) is 3. The van der Waals surface area contributed by atoms with Crippen LogP contribution in [0.5, 0.6) is 0 Å². The molecule has 0 saturated heterocycles. The Balaban J connectivity index is 2.24. The van der Waals surface area contributed by atoms with Crippen molar-refractivity contribution >= 4 is 11.3 Å². The average Bonchev–Trinajstić information content (AvgIpc) is 2.80. The molecule has 1 atom stereocenters. The van der Waals surface area contributed by atoms with E-state index in [9.17, 15) is 5.11 Å². The zero-order valence-electron chi connectivity index (χ0n) is 13.8. The molecule has 0 aliphatic carbocycles. The molecule has 1 N–H and O–H groups in total. The molecular formula is C18H25NOS. The van der Waals surface area contributed by atoms with Gasteiger partial charge in [-0.1, -0.05) is 39.0 Å². The van der Waals surface area contributed by atoms with Crippen LogP contribution in [0.2, 0.25) is 0 Å². The number of benzene rings is 1. The molecule has 21 heavy (non-hydrogen) atoms. The van der Waals surface area contributed by atoms with Gasteiger partial charge in [-0.05, 0) is 37.5 Å². The summed E-state index contributed by atoms with van der Waals surface area (Å²) in [5, 5.41) is 13.9. The maximum atomic E-state index is 10.8. The van der Waals surface area contributed by atoms with Crippen molar-refractivity contribution in [1.29, 1.82) is 0 Å². The van der Waals surface area contributed by atoms with Crippen molar-refractivity contribution in [1.82, 2.24) is 4.98 Å². The fourth-order valence-corrected chi connectivity index (χ4v) is 3.38. The van der Waals surface area contributed by atoms with E-state index in [0.29, 0.717) is 6.42 Å². The molecule has 3 heteroatoms. The van der Waals surface area contributed by atoms with Crippen molar-refractivity contribution in [2.45, 2.75) is 59.0 Å². The minimum atomic E-state index is -0.883. The zero-order valence-corrected chi connectivity index (χ0v) is 14.6. The van der Waals surface area contributed by atoms with E-state index in [4.69, 9.17) is 4.98 Å². The Kier molecular flexibility index (Phi) is 4.27. The molecule has 1 heterocycles. The van der Waals surface area contributed by atoms with E-state index in [1.165, 1.54) is 11.1 Å². The Labute approximate surface area is 131 Å². The van der Waals surface area contributed by atoms with Gasteiger partial charge in [0, 0.05) is 17.2 Å². The van der Waals surface area contributed by atoms with Gasteiger partial charge >= 0.3 is 0 Å². The summed E-state index contributed by atoms with van der Waals surface area (Å²) in [6, 6.07) is 6.16. The fraction of sp³-hybridized carbons (Fsp3) is 0.500. The van der Waals surface area contributed by atoms with Crippen LogP contribution in [0.4, 0.5) is 0 Å². The number of thiazole rings is 1. The Morgan fingerprint density at radius 2 is 1.76 bits per heavy atom. The van der Waals surface area contributed by atoms with Crippen molar-refractivity contribution in [2.24, 2.45) is 0 Å². The summed E-state index contributed by atoms with van der Waals surface area (Å²) in [7, 11) is 0. The van der Waals surface area contributed by atoms with Crippen LogP contribution in [0.1, 0.15) is 55.1 Å². The van der Waals surface area contributed by atoms with Crippen LogP contribution in [0, 0.1) is 13.8 Å². The first-order valence-corrected chi connectivity index (χ1v) is 8.22. The Morgan fingerprint density at radius 3 is 2.29 bits per heavy atom. The van der Waals surface area contributed by atoms with E-state index >= 15 is 0 Å². The van der Waals surface area contributed by atoms with Crippen molar-refractivity contribution in [3.8, 4) is 0 Å². The van der Waals surface area contributed by atoms with Crippen LogP contribution in [0.3, 0.4) is 0 Å². The molecule has 0 bridgehead atoms. The number of hydrogen-bond donors (Lipinski definition) is 1. The van der Waals surface area contributed by atoms with E-state index in [0.717, 1.165) is 16.3 Å². The molecule has 2 nitrogen and oxygen atoms in total. The molecule has 0 fully saturated rings. The first-order valence-electron chi connectivity index (χ1n) is 7.34. The van der Waals surface area contributed by atoms with Gasteiger partial charge in [-0.3, -0.25) is 0 Å². The van der Waals surface area contributed by atoms with Crippen LogP contribution in [0.15, 0.2) is 23.6 Å². The van der Waals surface area contributed by atoms with Crippen molar-refractivity contribution in [3.05, 3.63) is 51.0 Å². The maximum absolute atomic E-state index is 10.8. The summed E-state index contributed by atoms with van der Waals surface area (Å²) in [6.45, 7) is 12.5. The van der Waals surface area contributed by atoms with Gasteiger partial charge in [0.15, 0.2) is 0 Å². The van der Waals surface area contributed by atoms with Crippen LogP contribution in [-0.2, 0) is 17.4 Å². The van der Waals surface area contributed by atoms with Gasteiger partial charge in [-0.25, -0.2) is 4.98 Å². The first-order chi connectivity index (χ1) is 9.59. The van der Waals surface area contributed by atoms with Gasteiger partial charge in [0.05, 0.1) is 16.3 Å². The van der Waals surface area contributed by atoms with Gasteiger partial charge in [0.2, 0.25) is 0 Å². The lowest BCUT2D eigenvalue weighted by Crippen LogP contribution is -2.24. The molecular weight excluding hydrogens is 278 g/mol. The molecule has 0 radical (unpaired) electrons. The van der Waals surface area contributed by atoms with Crippen molar-refractivity contribution in [3.63, 3.8) is 0 Å². The second-order valence-corrected chi connectivity index (χ2v) is 8.07. The second-order valence-electron chi connectivity index (χ2n) is 7.13. The van der Waals surface area contributed by atoms with Gasteiger partial charge in [0.1, 0.15) is 0 Å². The lowest BCUT2D eigenvalue weighted by Gasteiger charge is -2.24. The smallest absolute Gasteiger partial charge is 0.0960 e. The summed E-state index contributed by atoms with van der Waals surface area (Å²) in [5.74, 6) is 0. The largest absolute Gasteiger partial charge is 0.385 e. The molecule has 2 aromatic rings. The standard InChI is InChI=1S/C18H25NOS/c1-12-7-8-14(9-13(12)2)18(6,20)10-16-19-15(11-21-16)17(3,4)5/h7-9,11,20H,10H2,1-6H3. The predicted molar refractivity (Wildman–Crippen MR) is 90.0 cm³/mol. The second kappa shape index (κ2) is 5.54. The average molecular weight is 303 g/mol. The maximum Gasteiger partial charge on any atom is 0.0960 e. The first kappa shape index (κ1) is 16.2. The van der Waals surface area contributed by atoms with Crippen molar-refractivity contribution in [2.75, 3.05) is 0 Å². The summed E-state index contributed by atoms with van der Waals surface area (Å²) in [6.07, 6.45) is 0.552. The van der Waals surface area contributed by atoms with Gasteiger partial charge in [0.25, 0.3) is 0 Å². The summed E-state index contributed by atoms with van der Waals surface area (Å²) in [5.41, 5.74) is 3.68. The van der Waals surface area contributed by atoms with Gasteiger partial charge < -0.3 is 5.11 Å². The lowest BCUT2D eigenvalue weighted by atomic mass is 9.90. The summed E-state index contributed by atoms with van der Waals surface area (Å²) in [4.78, 5) is 4.69. The Bertz CT molecular complexity index is 635. The fourth-order valence-electron chi connectivity index (χ4n) is 2.21. The van der Waals surface area contributed by atoms with E-state index in [1.807, 2.05) is 13.0 Å². The molecule has 0 aliphatic rings. The number of rotatable bonds is 3. The Morgan fingerprint density at radius 1 is 1.10 bits per heavy atom. The quantitative estimate of drug-likeness (QED) is 0.905. The molecule has 0 amide bonds. The SMILES string of the molecule is Cc1ccc(C(C)(O)Cc2nc(C(C)(C)C)cs2)cc1C. The number of aliphatic hydroxyl groups is 1. The van der Waals surface area contributed by atoms with E-state index in [-0.39, 0.29) is 5.41 Å². The third kappa shape index (κ3) is 3.72. The van der Waals surface area contributed by atoms with E-state index in [1.54, 1.807) is 11.3 Å². The van der Waals surface area contributed by atoms with Crippen LogP contribution >= 0.6 is 11.3 Å². The predicted octanol–water partition coefficient (Wildman–Crippen LogP) is 4.51. The highest BCUT2D eigenvalue weighted by molar-refractivity contribution is 7.09. The summed E-state index contributed by atoms with van der Waals surface area (Å²) >= 11 is 1.63. The molecule has 1 unspecified atom stereocenters. The zero-order chi connectivity index (χ0) is 15.8. The topological polar surface area (TPSA) is 33.1 Å². The molecule has 0 aliphatic heterocycles. The molecule has 0 saturated carbocycles. The van der Waals surface area contributed by atoms with Crippen LogP contribution in [-0.4, -0.2) is 10.1 Å². The molecule has 1 aromatic carbocycles.